The Hall–Kier alpha value is -1.06. The van der Waals surface area contributed by atoms with Crippen LogP contribution in [0.2, 0.25) is 0 Å². The second-order valence-corrected chi connectivity index (χ2v) is 2.23. The quantitative estimate of drug-likeness (QED) is 0.550. The standard InChI is InChI=1S/C4H10.C3H4N2O2/c1-3-4-2;6-2-1-4-3(7)5-2/h3-4H2,1-2H3;1H2,(H2,4,5,6,7). The zero-order valence-electron chi connectivity index (χ0n) is 6.94. The van der Waals surface area contributed by atoms with E-state index in [0.717, 1.165) is 0 Å². The lowest BCUT2D eigenvalue weighted by Gasteiger charge is -1.78. The molecule has 1 aliphatic heterocycles. The van der Waals surface area contributed by atoms with Gasteiger partial charge in [0.05, 0.1) is 6.54 Å². The second kappa shape index (κ2) is 5.70. The van der Waals surface area contributed by atoms with Gasteiger partial charge >= 0.3 is 6.03 Å². The Bertz CT molecular complexity index is 129. The molecule has 0 aromatic heterocycles. The van der Waals surface area contributed by atoms with Gasteiger partial charge in [0.2, 0.25) is 5.91 Å². The van der Waals surface area contributed by atoms with Crippen molar-refractivity contribution in [3.05, 3.63) is 0 Å². The number of hydrogen-bond acceptors (Lipinski definition) is 2. The molecule has 1 aliphatic rings. The Kier molecular flexibility index (Phi) is 5.15. The maximum absolute atomic E-state index is 10.1. The molecule has 3 amide bonds. The van der Waals surface area contributed by atoms with Crippen LogP contribution in [0.25, 0.3) is 0 Å². The molecular formula is C7H14N2O2. The number of rotatable bonds is 1. The van der Waals surface area contributed by atoms with Crippen molar-refractivity contribution in [2.24, 2.45) is 0 Å². The summed E-state index contributed by atoms with van der Waals surface area (Å²) in [6, 6.07) is -0.398. The van der Waals surface area contributed by atoms with Gasteiger partial charge in [0.1, 0.15) is 0 Å². The van der Waals surface area contributed by atoms with Crippen molar-refractivity contribution in [2.75, 3.05) is 6.54 Å². The van der Waals surface area contributed by atoms with Crippen LogP contribution in [0.1, 0.15) is 26.7 Å². The first-order chi connectivity index (χ1) is 5.20. The molecule has 0 aromatic rings. The van der Waals surface area contributed by atoms with Crippen molar-refractivity contribution < 1.29 is 9.59 Å². The van der Waals surface area contributed by atoms with Crippen molar-refractivity contribution in [1.82, 2.24) is 10.6 Å². The van der Waals surface area contributed by atoms with E-state index in [9.17, 15) is 9.59 Å². The number of carbonyl (C=O) groups excluding carboxylic acids is 2. The smallest absolute Gasteiger partial charge is 0.321 e. The first kappa shape index (κ1) is 9.94. The SMILES string of the molecule is CCCC.O=C1CNC(=O)N1. The first-order valence-corrected chi connectivity index (χ1v) is 3.78. The van der Waals surface area contributed by atoms with Gasteiger partial charge in [-0.3, -0.25) is 10.1 Å². The lowest BCUT2D eigenvalue weighted by Crippen LogP contribution is -2.22. The van der Waals surface area contributed by atoms with Crippen LogP contribution in [0, 0.1) is 0 Å². The van der Waals surface area contributed by atoms with Gasteiger partial charge in [-0.05, 0) is 0 Å². The van der Waals surface area contributed by atoms with Gasteiger partial charge in [0.25, 0.3) is 0 Å². The van der Waals surface area contributed by atoms with Crippen LogP contribution in [0.5, 0.6) is 0 Å². The molecule has 64 valence electrons. The van der Waals surface area contributed by atoms with Crippen LogP contribution < -0.4 is 10.6 Å². The highest BCUT2D eigenvalue weighted by Gasteiger charge is 2.14. The Labute approximate surface area is 66.4 Å². The van der Waals surface area contributed by atoms with Gasteiger partial charge in [-0.25, -0.2) is 4.79 Å². The van der Waals surface area contributed by atoms with E-state index < -0.39 is 6.03 Å². The Balaban J connectivity index is 0.000000218. The van der Waals surface area contributed by atoms with Gasteiger partial charge in [-0.15, -0.1) is 0 Å². The number of imide groups is 1. The first-order valence-electron chi connectivity index (χ1n) is 3.78. The van der Waals surface area contributed by atoms with E-state index in [2.05, 4.69) is 19.2 Å². The Morgan fingerprint density at radius 3 is 1.91 bits per heavy atom. The van der Waals surface area contributed by atoms with Crippen LogP contribution in [-0.4, -0.2) is 18.5 Å². The topological polar surface area (TPSA) is 58.2 Å². The molecular weight excluding hydrogens is 144 g/mol. The third kappa shape index (κ3) is 5.39. The summed E-state index contributed by atoms with van der Waals surface area (Å²) in [4.78, 5) is 20.1. The van der Waals surface area contributed by atoms with Gasteiger partial charge in [0, 0.05) is 0 Å². The van der Waals surface area contributed by atoms with Crippen molar-refractivity contribution in [2.45, 2.75) is 26.7 Å². The monoisotopic (exact) mass is 158 g/mol. The zero-order chi connectivity index (χ0) is 8.69. The van der Waals surface area contributed by atoms with Crippen molar-refractivity contribution in [1.29, 1.82) is 0 Å². The predicted octanol–water partition coefficient (Wildman–Crippen LogP) is 0.632. The Morgan fingerprint density at radius 1 is 1.27 bits per heavy atom. The van der Waals surface area contributed by atoms with Crippen molar-refractivity contribution in [3.8, 4) is 0 Å². The molecule has 11 heavy (non-hydrogen) atoms. The number of unbranched alkanes of at least 4 members (excludes halogenated alkanes) is 1. The summed E-state index contributed by atoms with van der Waals surface area (Å²) in [5, 5.41) is 4.30. The molecule has 1 fully saturated rings. The molecule has 1 heterocycles. The lowest BCUT2D eigenvalue weighted by atomic mass is 10.4. The summed E-state index contributed by atoms with van der Waals surface area (Å²) in [7, 11) is 0. The fourth-order valence-electron chi connectivity index (χ4n) is 0.376. The van der Waals surface area contributed by atoms with E-state index in [-0.39, 0.29) is 12.5 Å². The number of amides is 3. The maximum atomic E-state index is 10.1. The molecule has 0 aromatic carbocycles. The minimum absolute atomic E-state index is 0.124. The van der Waals surface area contributed by atoms with E-state index in [4.69, 9.17) is 0 Å². The van der Waals surface area contributed by atoms with E-state index in [1.807, 2.05) is 5.32 Å². The summed E-state index contributed by atoms with van der Waals surface area (Å²) in [5.74, 6) is -0.259. The van der Waals surface area contributed by atoms with E-state index in [1.54, 1.807) is 0 Å². The third-order valence-corrected chi connectivity index (χ3v) is 1.16. The molecule has 1 rings (SSSR count). The summed E-state index contributed by atoms with van der Waals surface area (Å²) < 4.78 is 0. The van der Waals surface area contributed by atoms with Crippen LogP contribution in [0.4, 0.5) is 4.79 Å². The number of nitrogens with one attached hydrogen (secondary N) is 2. The van der Waals surface area contributed by atoms with Crippen molar-refractivity contribution in [3.63, 3.8) is 0 Å². The van der Waals surface area contributed by atoms with Gasteiger partial charge in [0.15, 0.2) is 0 Å². The fraction of sp³-hybridized carbons (Fsp3) is 0.714. The maximum Gasteiger partial charge on any atom is 0.321 e. The van der Waals surface area contributed by atoms with E-state index in [1.165, 1.54) is 12.8 Å². The number of urea groups is 1. The summed E-state index contributed by atoms with van der Waals surface area (Å²) in [5.41, 5.74) is 0. The molecule has 0 unspecified atom stereocenters. The minimum atomic E-state index is -0.398. The van der Waals surface area contributed by atoms with Gasteiger partial charge in [-0.1, -0.05) is 26.7 Å². The molecule has 4 heteroatoms. The summed E-state index contributed by atoms with van der Waals surface area (Å²) >= 11 is 0. The average molecular weight is 158 g/mol. The van der Waals surface area contributed by atoms with Crippen LogP contribution in [0.3, 0.4) is 0 Å². The van der Waals surface area contributed by atoms with Gasteiger partial charge in [-0.2, -0.15) is 0 Å². The molecule has 0 aliphatic carbocycles. The van der Waals surface area contributed by atoms with E-state index in [0.29, 0.717) is 0 Å². The third-order valence-electron chi connectivity index (χ3n) is 1.16. The molecule has 0 radical (unpaired) electrons. The second-order valence-electron chi connectivity index (χ2n) is 2.23. The van der Waals surface area contributed by atoms with Crippen LogP contribution in [0.15, 0.2) is 0 Å². The fourth-order valence-corrected chi connectivity index (χ4v) is 0.376. The Morgan fingerprint density at radius 2 is 1.82 bits per heavy atom. The lowest BCUT2D eigenvalue weighted by molar-refractivity contribution is -0.117. The molecule has 2 N–H and O–H groups in total. The zero-order valence-corrected chi connectivity index (χ0v) is 6.94. The molecule has 0 bridgehead atoms. The number of hydrogen-bond donors (Lipinski definition) is 2. The molecule has 0 atom stereocenters. The largest absolute Gasteiger partial charge is 0.329 e. The van der Waals surface area contributed by atoms with Gasteiger partial charge < -0.3 is 5.32 Å². The minimum Gasteiger partial charge on any atom is -0.329 e. The highest BCUT2D eigenvalue weighted by Crippen LogP contribution is 1.76. The summed E-state index contributed by atoms with van der Waals surface area (Å²) in [6.45, 7) is 4.48. The highest BCUT2D eigenvalue weighted by atomic mass is 16.2. The van der Waals surface area contributed by atoms with Crippen molar-refractivity contribution >= 4 is 11.9 Å². The molecule has 1 saturated heterocycles. The van der Waals surface area contributed by atoms with Crippen LogP contribution >= 0.6 is 0 Å². The number of carbonyl (C=O) groups is 2. The highest BCUT2D eigenvalue weighted by molar-refractivity contribution is 6.01. The van der Waals surface area contributed by atoms with Crippen LogP contribution in [-0.2, 0) is 4.79 Å². The summed E-state index contributed by atoms with van der Waals surface area (Å²) in [6.07, 6.45) is 2.64. The molecule has 0 spiro atoms. The normalized spacial score (nSPS) is 14.7. The molecule has 0 saturated carbocycles. The average Bonchev–Trinajstić information content (AvgIpc) is 2.35. The van der Waals surface area contributed by atoms with E-state index >= 15 is 0 Å². The molecule has 4 nitrogen and oxygen atoms in total. The predicted molar refractivity (Wildman–Crippen MR) is 42.1 cm³/mol.